The fraction of sp³-hybridized carbons (Fsp3) is 0.0667. The fourth-order valence-corrected chi connectivity index (χ4v) is 2.94. The van der Waals surface area contributed by atoms with Gasteiger partial charge in [-0.1, -0.05) is 18.2 Å². The topological polar surface area (TPSA) is 46.2 Å². The van der Waals surface area contributed by atoms with Crippen molar-refractivity contribution in [3.05, 3.63) is 57.3 Å². The summed E-state index contributed by atoms with van der Waals surface area (Å²) in [7, 11) is 0. The number of thiophene rings is 1. The highest BCUT2D eigenvalue weighted by Gasteiger charge is 2.26. The molecule has 0 radical (unpaired) electrons. The van der Waals surface area contributed by atoms with E-state index in [1.54, 1.807) is 29.5 Å². The Bertz CT molecular complexity index is 712. The van der Waals surface area contributed by atoms with Crippen LogP contribution >= 0.6 is 11.3 Å². The number of nitrogens with one attached hydrogen (secondary N) is 1. The molecule has 0 saturated carbocycles. The molecule has 4 heteroatoms. The summed E-state index contributed by atoms with van der Waals surface area (Å²) in [5, 5.41) is 4.36. The van der Waals surface area contributed by atoms with E-state index in [1.807, 2.05) is 30.5 Å². The largest absolute Gasteiger partial charge is 0.288 e. The van der Waals surface area contributed by atoms with E-state index in [0.29, 0.717) is 16.7 Å². The van der Waals surface area contributed by atoms with Crippen LogP contribution < -0.4 is 5.32 Å². The van der Waals surface area contributed by atoms with Gasteiger partial charge in [0.25, 0.3) is 11.8 Å². The maximum Gasteiger partial charge on any atom is 0.258 e. The number of amides is 2. The van der Waals surface area contributed by atoms with Crippen LogP contribution in [0.5, 0.6) is 0 Å². The molecular formula is C15H11NO2S. The second kappa shape index (κ2) is 4.48. The number of carbonyl (C=O) groups is 2. The predicted molar refractivity (Wildman–Crippen MR) is 75.8 cm³/mol. The Morgan fingerprint density at radius 2 is 1.79 bits per heavy atom. The first kappa shape index (κ1) is 11.9. The maximum atomic E-state index is 12.0. The van der Waals surface area contributed by atoms with Gasteiger partial charge in [0.05, 0.1) is 0 Å². The molecule has 0 fully saturated rings. The van der Waals surface area contributed by atoms with Crippen molar-refractivity contribution in [2.45, 2.75) is 6.92 Å². The average Bonchev–Trinajstić information content (AvgIpc) is 2.80. The normalized spacial score (nSPS) is 16.4. The fourth-order valence-electron chi connectivity index (χ4n) is 2.08. The number of benzene rings is 1. The summed E-state index contributed by atoms with van der Waals surface area (Å²) in [5.74, 6) is -0.669. The number of rotatable bonds is 1. The zero-order valence-electron chi connectivity index (χ0n) is 10.3. The number of fused-ring (bicyclic) bond motifs is 1. The molecule has 3 nitrogen and oxygen atoms in total. The van der Waals surface area contributed by atoms with E-state index in [2.05, 4.69) is 5.32 Å². The van der Waals surface area contributed by atoms with E-state index in [1.165, 1.54) is 0 Å². The van der Waals surface area contributed by atoms with Crippen molar-refractivity contribution in [2.75, 3.05) is 0 Å². The number of carbonyl (C=O) groups excluding carboxylic acids is 2. The Balaban J connectivity index is 2.19. The summed E-state index contributed by atoms with van der Waals surface area (Å²) in [4.78, 5) is 24.8. The van der Waals surface area contributed by atoms with Crippen LogP contribution in [0.25, 0.3) is 11.6 Å². The van der Waals surface area contributed by atoms with Gasteiger partial charge in [0.1, 0.15) is 0 Å². The molecule has 0 bridgehead atoms. The molecule has 2 heterocycles. The maximum absolute atomic E-state index is 12.0. The summed E-state index contributed by atoms with van der Waals surface area (Å²) in [6.07, 6.45) is 1.85. The van der Waals surface area contributed by atoms with Crippen molar-refractivity contribution in [2.24, 2.45) is 0 Å². The Hall–Kier alpha value is -2.20. The summed E-state index contributed by atoms with van der Waals surface area (Å²) in [6, 6.07) is 9.17. The molecule has 0 spiro atoms. The third kappa shape index (κ3) is 2.00. The van der Waals surface area contributed by atoms with E-state index >= 15 is 0 Å². The van der Waals surface area contributed by atoms with Crippen molar-refractivity contribution in [1.29, 1.82) is 0 Å². The number of hydrogen-bond donors (Lipinski definition) is 1. The molecule has 1 aliphatic heterocycles. The van der Waals surface area contributed by atoms with Gasteiger partial charge in [-0.25, -0.2) is 0 Å². The first-order valence-electron chi connectivity index (χ1n) is 5.87. The molecule has 1 aromatic heterocycles. The summed E-state index contributed by atoms with van der Waals surface area (Å²) < 4.78 is 0. The van der Waals surface area contributed by atoms with Gasteiger partial charge in [-0.2, -0.15) is 0 Å². The van der Waals surface area contributed by atoms with Gasteiger partial charge in [-0.15, -0.1) is 11.3 Å². The smallest absolute Gasteiger partial charge is 0.258 e. The van der Waals surface area contributed by atoms with Crippen LogP contribution in [-0.4, -0.2) is 11.8 Å². The minimum absolute atomic E-state index is 0.333. The summed E-state index contributed by atoms with van der Waals surface area (Å²) >= 11 is 1.58. The van der Waals surface area contributed by atoms with Crippen molar-refractivity contribution in [3.63, 3.8) is 0 Å². The molecule has 1 aliphatic rings. The molecule has 0 unspecified atom stereocenters. The monoisotopic (exact) mass is 269 g/mol. The van der Waals surface area contributed by atoms with Gasteiger partial charge in [-0.3, -0.25) is 14.9 Å². The molecule has 1 aromatic carbocycles. The van der Waals surface area contributed by atoms with Crippen LogP contribution in [0.2, 0.25) is 0 Å². The lowest BCUT2D eigenvalue weighted by Gasteiger charge is -2.17. The molecule has 3 rings (SSSR count). The van der Waals surface area contributed by atoms with Crippen LogP contribution in [0.4, 0.5) is 0 Å². The highest BCUT2D eigenvalue weighted by atomic mass is 32.1. The van der Waals surface area contributed by atoms with Crippen LogP contribution in [0.15, 0.2) is 35.7 Å². The second-order valence-corrected chi connectivity index (χ2v) is 5.30. The van der Waals surface area contributed by atoms with Crippen LogP contribution in [-0.2, 0) is 4.79 Å². The van der Waals surface area contributed by atoms with Gasteiger partial charge >= 0.3 is 0 Å². The van der Waals surface area contributed by atoms with Gasteiger partial charge in [-0.05, 0) is 41.6 Å². The van der Waals surface area contributed by atoms with Crippen LogP contribution in [0, 0.1) is 6.92 Å². The lowest BCUT2D eigenvalue weighted by atomic mass is 9.94. The minimum Gasteiger partial charge on any atom is -0.288 e. The summed E-state index contributed by atoms with van der Waals surface area (Å²) in [5.41, 5.74) is 2.91. The first-order chi connectivity index (χ1) is 9.16. The van der Waals surface area contributed by atoms with E-state index in [0.717, 1.165) is 10.4 Å². The highest BCUT2D eigenvalue weighted by Crippen LogP contribution is 2.28. The number of hydrogen-bond acceptors (Lipinski definition) is 3. The van der Waals surface area contributed by atoms with E-state index in [4.69, 9.17) is 0 Å². The third-order valence-corrected chi connectivity index (χ3v) is 4.08. The predicted octanol–water partition coefficient (Wildman–Crippen LogP) is 2.87. The lowest BCUT2D eigenvalue weighted by molar-refractivity contribution is -0.114. The lowest BCUT2D eigenvalue weighted by Crippen LogP contribution is -2.36. The second-order valence-electron chi connectivity index (χ2n) is 4.35. The number of aryl methyl sites for hydroxylation is 1. The van der Waals surface area contributed by atoms with E-state index in [9.17, 15) is 9.59 Å². The Morgan fingerprint density at radius 3 is 2.47 bits per heavy atom. The molecule has 19 heavy (non-hydrogen) atoms. The van der Waals surface area contributed by atoms with E-state index in [-0.39, 0.29) is 11.8 Å². The van der Waals surface area contributed by atoms with Gasteiger partial charge in [0.2, 0.25) is 0 Å². The molecular weight excluding hydrogens is 258 g/mol. The first-order valence-corrected chi connectivity index (χ1v) is 6.75. The molecule has 0 aliphatic carbocycles. The van der Waals surface area contributed by atoms with Crippen molar-refractivity contribution < 1.29 is 9.59 Å². The van der Waals surface area contributed by atoms with Gasteiger partial charge < -0.3 is 0 Å². The molecule has 94 valence electrons. The molecule has 2 aromatic rings. The quantitative estimate of drug-likeness (QED) is 0.639. The molecule has 1 N–H and O–H groups in total. The Kier molecular flexibility index (Phi) is 2.80. The van der Waals surface area contributed by atoms with E-state index < -0.39 is 0 Å². The Morgan fingerprint density at radius 1 is 1.05 bits per heavy atom. The molecule has 2 amide bonds. The van der Waals surface area contributed by atoms with Crippen LogP contribution in [0.3, 0.4) is 0 Å². The average molecular weight is 269 g/mol. The van der Waals surface area contributed by atoms with Crippen molar-refractivity contribution in [1.82, 2.24) is 5.32 Å². The highest BCUT2D eigenvalue weighted by molar-refractivity contribution is 7.11. The third-order valence-electron chi connectivity index (χ3n) is 3.11. The SMILES string of the molecule is Cc1ccsc1C=C1C(=O)NC(=O)c2ccccc21. The van der Waals surface area contributed by atoms with Crippen molar-refractivity contribution >= 4 is 34.8 Å². The number of imide groups is 1. The van der Waals surface area contributed by atoms with Crippen LogP contribution in [0.1, 0.15) is 26.4 Å². The Labute approximate surface area is 114 Å². The zero-order chi connectivity index (χ0) is 13.4. The van der Waals surface area contributed by atoms with Crippen molar-refractivity contribution in [3.8, 4) is 0 Å². The minimum atomic E-state index is -0.337. The standard InChI is InChI=1S/C15H11NO2S/c1-9-6-7-19-13(9)8-12-10-4-2-3-5-11(10)14(17)16-15(12)18/h2-8H,1H3,(H,16,17,18). The van der Waals surface area contributed by atoms with Gasteiger partial charge in [0, 0.05) is 16.0 Å². The molecule has 0 atom stereocenters. The van der Waals surface area contributed by atoms with Gasteiger partial charge in [0.15, 0.2) is 0 Å². The summed E-state index contributed by atoms with van der Waals surface area (Å²) in [6.45, 7) is 2.00. The molecule has 0 saturated heterocycles. The zero-order valence-corrected chi connectivity index (χ0v) is 11.1.